The van der Waals surface area contributed by atoms with Crippen LogP contribution in [0.1, 0.15) is 156 Å². The Bertz CT molecular complexity index is 1490. The molecule has 1 spiro atoms. The Morgan fingerprint density at radius 1 is 0.786 bits per heavy atom. The van der Waals surface area contributed by atoms with E-state index in [9.17, 15) is 28.8 Å². The number of carbonyl (C=O) groups excluding carboxylic acids is 6. The van der Waals surface area contributed by atoms with Crippen LogP contribution in [-0.4, -0.2) is 77.5 Å². The number of rotatable bonds is 7. The number of carbonyl (C=O) groups is 6. The summed E-state index contributed by atoms with van der Waals surface area (Å²) in [5.74, 6) is -2.15. The maximum atomic E-state index is 14.7. The number of hydrogen-bond donors (Lipinski definition) is 3. The van der Waals surface area contributed by atoms with Crippen molar-refractivity contribution in [2.24, 2.45) is 11.3 Å². The fraction of sp³-hybridized carbons (Fsp3) is 0.727. The summed E-state index contributed by atoms with van der Waals surface area (Å²) in [5.41, 5.74) is -0.0701. The molecule has 3 saturated heterocycles. The van der Waals surface area contributed by atoms with Gasteiger partial charge in [0.25, 0.3) is 5.91 Å². The summed E-state index contributed by atoms with van der Waals surface area (Å²) in [7, 11) is 0. The molecule has 0 bridgehead atoms. The molecule has 56 heavy (non-hydrogen) atoms. The van der Waals surface area contributed by atoms with E-state index in [1.165, 1.54) is 12.8 Å². The minimum Gasteiger partial charge on any atom is -0.347 e. The van der Waals surface area contributed by atoms with Gasteiger partial charge in [0, 0.05) is 48.1 Å². The first-order valence-electron chi connectivity index (χ1n) is 21.9. The van der Waals surface area contributed by atoms with Crippen LogP contribution in [0.15, 0.2) is 24.3 Å². The molecule has 312 valence electrons. The molecule has 1 unspecified atom stereocenters. The van der Waals surface area contributed by atoms with Gasteiger partial charge in [0.05, 0.1) is 6.04 Å². The molecular weight excluding hydrogens is 730 g/mol. The molecule has 5 aliphatic rings. The van der Waals surface area contributed by atoms with E-state index in [4.69, 9.17) is 11.6 Å². The average molecular weight is 799 g/mol. The smallest absolute Gasteiger partial charge is 0.289 e. The third kappa shape index (κ3) is 12.8. The van der Waals surface area contributed by atoms with Crippen LogP contribution in [0.25, 0.3) is 0 Å². The zero-order chi connectivity index (χ0) is 40.7. The molecule has 4 atom stereocenters. The van der Waals surface area contributed by atoms with E-state index >= 15 is 0 Å². The number of hydrogen-bond acceptors (Lipinski definition) is 6. The van der Waals surface area contributed by atoms with Gasteiger partial charge < -0.3 is 25.8 Å². The molecular formula is C44H68ClN5O6. The minimum atomic E-state index is -1.02. The number of nitrogens with one attached hydrogen (secondary N) is 3. The number of anilines is 1. The summed E-state index contributed by atoms with van der Waals surface area (Å²) in [6.07, 6.45) is 16.0. The number of fused-ring (bicyclic) bond motifs is 1. The summed E-state index contributed by atoms with van der Waals surface area (Å²) in [6.45, 7) is 8.45. The Kier molecular flexibility index (Phi) is 18.1. The zero-order valence-electron chi connectivity index (χ0n) is 34.5. The van der Waals surface area contributed by atoms with E-state index in [0.29, 0.717) is 48.9 Å². The van der Waals surface area contributed by atoms with E-state index in [0.717, 1.165) is 77.0 Å². The zero-order valence-corrected chi connectivity index (χ0v) is 35.2. The maximum Gasteiger partial charge on any atom is 0.289 e. The van der Waals surface area contributed by atoms with E-state index in [-0.39, 0.29) is 43.1 Å². The molecule has 1 aromatic rings. The molecule has 11 nitrogen and oxygen atoms in total. The van der Waals surface area contributed by atoms with Crippen LogP contribution in [0.4, 0.5) is 5.69 Å². The predicted octanol–water partition coefficient (Wildman–Crippen LogP) is 7.42. The normalized spacial score (nSPS) is 26.8. The van der Waals surface area contributed by atoms with Crippen molar-refractivity contribution in [1.29, 1.82) is 0 Å². The highest BCUT2D eigenvalue weighted by molar-refractivity contribution is 6.38. The predicted molar refractivity (Wildman–Crippen MR) is 221 cm³/mol. The third-order valence-corrected chi connectivity index (χ3v) is 12.1. The molecule has 5 amide bonds. The quantitative estimate of drug-likeness (QED) is 0.194. The molecule has 3 N–H and O–H groups in total. The van der Waals surface area contributed by atoms with Gasteiger partial charge in [-0.3, -0.25) is 28.8 Å². The van der Waals surface area contributed by atoms with Gasteiger partial charge in [0.1, 0.15) is 12.1 Å². The van der Waals surface area contributed by atoms with E-state index in [1.807, 2.05) is 33.8 Å². The minimum absolute atomic E-state index is 0.00167. The van der Waals surface area contributed by atoms with Crippen molar-refractivity contribution in [3.8, 4) is 0 Å². The van der Waals surface area contributed by atoms with Crippen molar-refractivity contribution in [2.45, 2.75) is 180 Å². The lowest BCUT2D eigenvalue weighted by atomic mass is 9.84. The number of nitrogens with zero attached hydrogens (tertiary/aromatic N) is 2. The van der Waals surface area contributed by atoms with Crippen molar-refractivity contribution < 1.29 is 28.8 Å². The van der Waals surface area contributed by atoms with Crippen molar-refractivity contribution in [3.05, 3.63) is 29.3 Å². The summed E-state index contributed by atoms with van der Waals surface area (Å²) in [6, 6.07) is 4.28. The van der Waals surface area contributed by atoms with E-state index < -0.39 is 41.1 Å². The fourth-order valence-electron chi connectivity index (χ4n) is 8.84. The van der Waals surface area contributed by atoms with Crippen LogP contribution in [0.2, 0.25) is 5.02 Å². The van der Waals surface area contributed by atoms with Crippen LogP contribution in [0.5, 0.6) is 0 Å². The molecule has 3 aliphatic heterocycles. The van der Waals surface area contributed by atoms with Crippen LogP contribution < -0.4 is 20.9 Å². The Labute approximate surface area is 340 Å². The lowest BCUT2D eigenvalue weighted by molar-refractivity contribution is -0.143. The highest BCUT2D eigenvalue weighted by Gasteiger charge is 2.55. The summed E-state index contributed by atoms with van der Waals surface area (Å²) in [5, 5.41) is 9.27. The SMILES string of the molecule is CC.CC.O=C(CC1CCCCCC1)N[C@H]1CCCCCCCCC[C@@H](C(=O)C(=O)NC2CC2)NC(=O)C2C[C@]3(CC(=O)N(c4cccc(Cl)c4)C3)CN2C1=O. The van der Waals surface area contributed by atoms with Crippen molar-refractivity contribution in [1.82, 2.24) is 20.9 Å². The summed E-state index contributed by atoms with van der Waals surface area (Å²) < 4.78 is 0. The molecule has 6 rings (SSSR count). The monoisotopic (exact) mass is 797 g/mol. The molecule has 3 heterocycles. The van der Waals surface area contributed by atoms with E-state index in [2.05, 4.69) is 16.0 Å². The van der Waals surface area contributed by atoms with Gasteiger partial charge in [-0.15, -0.1) is 0 Å². The van der Waals surface area contributed by atoms with Crippen LogP contribution >= 0.6 is 11.6 Å². The molecule has 2 saturated carbocycles. The van der Waals surface area contributed by atoms with Crippen molar-refractivity contribution >= 4 is 52.6 Å². The molecule has 5 fully saturated rings. The molecule has 2 aliphatic carbocycles. The van der Waals surface area contributed by atoms with Gasteiger partial charge in [-0.05, 0) is 69.1 Å². The first-order valence-corrected chi connectivity index (χ1v) is 22.3. The van der Waals surface area contributed by atoms with Gasteiger partial charge in [-0.2, -0.15) is 0 Å². The Morgan fingerprint density at radius 3 is 2.02 bits per heavy atom. The second-order valence-electron chi connectivity index (χ2n) is 16.2. The number of amides is 5. The standard InChI is InChI=1S/C40H56ClN5O6.2C2H6/c41-28-15-12-16-30(22-28)45-25-40(24-35(45)48)23-33-37(50)44-31(36(49)38(51)42-29-19-20-29)17-10-4-2-1-3-5-11-18-32(39(52)46(33)26-40)43-34(47)21-27-13-8-6-7-9-14-27;2*1-2/h12,15-16,22,27,29,31-33H,1-11,13-14,17-21,23-26H2,(H,42,51)(H,43,47)(H,44,50);2*1-2H3/t31-,32-,33?,40+;;/m0../s1. The second-order valence-corrected chi connectivity index (χ2v) is 16.7. The fourth-order valence-corrected chi connectivity index (χ4v) is 9.03. The average Bonchev–Trinajstić information content (AvgIpc) is 3.92. The summed E-state index contributed by atoms with van der Waals surface area (Å²) >= 11 is 6.28. The van der Waals surface area contributed by atoms with Gasteiger partial charge in [-0.25, -0.2) is 0 Å². The lowest BCUT2D eigenvalue weighted by Crippen LogP contribution is -2.56. The highest BCUT2D eigenvalue weighted by Crippen LogP contribution is 2.45. The highest BCUT2D eigenvalue weighted by atomic mass is 35.5. The number of benzene rings is 1. The van der Waals surface area contributed by atoms with Crippen LogP contribution in [0, 0.1) is 11.3 Å². The van der Waals surface area contributed by atoms with Crippen LogP contribution in [-0.2, 0) is 28.8 Å². The first-order chi connectivity index (χ1) is 27.1. The van der Waals surface area contributed by atoms with Gasteiger partial charge in [-0.1, -0.05) is 116 Å². The Morgan fingerprint density at radius 2 is 1.39 bits per heavy atom. The van der Waals surface area contributed by atoms with Gasteiger partial charge in [0.15, 0.2) is 0 Å². The maximum absolute atomic E-state index is 14.7. The largest absolute Gasteiger partial charge is 0.347 e. The van der Waals surface area contributed by atoms with Gasteiger partial charge in [0.2, 0.25) is 29.4 Å². The number of ketones is 1. The Hall–Kier alpha value is -3.47. The summed E-state index contributed by atoms with van der Waals surface area (Å²) in [4.78, 5) is 85.8. The lowest BCUT2D eigenvalue weighted by Gasteiger charge is -2.30. The van der Waals surface area contributed by atoms with Crippen molar-refractivity contribution in [3.63, 3.8) is 0 Å². The first kappa shape index (κ1) is 45.2. The number of Topliss-reactive ketones (excluding diaryl/α,β-unsaturated/α-hetero) is 1. The topological polar surface area (TPSA) is 145 Å². The second kappa shape index (κ2) is 22.5. The molecule has 0 aromatic heterocycles. The third-order valence-electron chi connectivity index (χ3n) is 11.9. The van der Waals surface area contributed by atoms with Gasteiger partial charge >= 0.3 is 0 Å². The molecule has 1 aromatic carbocycles. The number of halogens is 1. The van der Waals surface area contributed by atoms with E-state index in [1.54, 1.807) is 28.0 Å². The Balaban J connectivity index is 0.00000169. The van der Waals surface area contributed by atoms with Crippen LogP contribution in [0.3, 0.4) is 0 Å². The van der Waals surface area contributed by atoms with Crippen molar-refractivity contribution in [2.75, 3.05) is 18.0 Å². The molecule has 0 radical (unpaired) electrons. The molecule has 12 heteroatoms.